The molecule has 1 aliphatic carbocycles. The molecule has 0 spiro atoms. The highest BCUT2D eigenvalue weighted by Gasteiger charge is 2.23. The number of nitrogens with zero attached hydrogens (tertiary/aromatic N) is 2. The second kappa shape index (κ2) is 5.01. The molecule has 0 bridgehead atoms. The summed E-state index contributed by atoms with van der Waals surface area (Å²) in [6.07, 6.45) is 4.62. The quantitative estimate of drug-likeness (QED) is 0.471. The van der Waals surface area contributed by atoms with Crippen molar-refractivity contribution in [3.63, 3.8) is 0 Å². The van der Waals surface area contributed by atoms with Gasteiger partial charge >= 0.3 is 5.69 Å². The summed E-state index contributed by atoms with van der Waals surface area (Å²) in [6, 6.07) is 2.88. The summed E-state index contributed by atoms with van der Waals surface area (Å²) >= 11 is 7.24. The van der Waals surface area contributed by atoms with Gasteiger partial charge in [-0.15, -0.1) is 0 Å². The van der Waals surface area contributed by atoms with E-state index in [1.165, 1.54) is 36.7 Å². The van der Waals surface area contributed by atoms with E-state index >= 15 is 0 Å². The predicted molar refractivity (Wildman–Crippen MR) is 64.0 cm³/mol. The zero-order valence-electron chi connectivity index (χ0n) is 8.56. The summed E-state index contributed by atoms with van der Waals surface area (Å²) in [4.78, 5) is 14.5. The van der Waals surface area contributed by atoms with Gasteiger partial charge in [-0.25, -0.2) is 4.98 Å². The van der Waals surface area contributed by atoms with Gasteiger partial charge < -0.3 is 0 Å². The van der Waals surface area contributed by atoms with Crippen LogP contribution in [0.5, 0.6) is 0 Å². The zero-order chi connectivity index (χ0) is 11.5. The first-order valence-electron chi connectivity index (χ1n) is 5.14. The minimum absolute atomic E-state index is 0.0568. The smallest absolute Gasteiger partial charge is 0.258 e. The van der Waals surface area contributed by atoms with E-state index in [-0.39, 0.29) is 5.69 Å². The molecule has 0 radical (unpaired) electrons. The Morgan fingerprint density at radius 1 is 1.44 bits per heavy atom. The molecule has 1 aliphatic rings. The van der Waals surface area contributed by atoms with E-state index < -0.39 is 4.92 Å². The summed E-state index contributed by atoms with van der Waals surface area (Å²) < 4.78 is 0. The first kappa shape index (κ1) is 11.7. The summed E-state index contributed by atoms with van der Waals surface area (Å²) in [5, 5.41) is 12.0. The molecule has 1 aromatic rings. The number of halogens is 1. The van der Waals surface area contributed by atoms with Gasteiger partial charge in [0.1, 0.15) is 5.15 Å². The summed E-state index contributed by atoms with van der Waals surface area (Å²) in [5.41, 5.74) is 0.0568. The maximum Gasteiger partial charge on any atom is 0.301 e. The van der Waals surface area contributed by atoms with Crippen molar-refractivity contribution in [3.05, 3.63) is 27.4 Å². The van der Waals surface area contributed by atoms with Gasteiger partial charge in [-0.2, -0.15) is 0 Å². The van der Waals surface area contributed by atoms with Gasteiger partial charge in [0.05, 0.1) is 4.92 Å². The predicted octanol–water partition coefficient (Wildman–Crippen LogP) is 3.68. The lowest BCUT2D eigenvalue weighted by atomic mass is 10.4. The van der Waals surface area contributed by atoms with Gasteiger partial charge in [-0.3, -0.25) is 10.1 Å². The Labute approximate surface area is 103 Å². The minimum Gasteiger partial charge on any atom is -0.258 e. The molecule has 1 aromatic heterocycles. The topological polar surface area (TPSA) is 56.0 Å². The first-order valence-corrected chi connectivity index (χ1v) is 6.40. The second-order valence-corrected chi connectivity index (χ2v) is 5.42. The molecule has 1 heterocycles. The molecule has 1 fully saturated rings. The number of hydrogen-bond donors (Lipinski definition) is 0. The van der Waals surface area contributed by atoms with Gasteiger partial charge in [-0.05, 0) is 18.9 Å². The molecule has 0 saturated heterocycles. The maximum absolute atomic E-state index is 10.8. The average Bonchev–Trinajstić information content (AvgIpc) is 2.70. The summed E-state index contributed by atoms with van der Waals surface area (Å²) in [5.74, 6) is 0. The van der Waals surface area contributed by atoms with Crippen LogP contribution >= 0.6 is 23.4 Å². The third kappa shape index (κ3) is 2.65. The van der Waals surface area contributed by atoms with E-state index in [0.717, 1.165) is 12.8 Å². The van der Waals surface area contributed by atoms with Gasteiger partial charge in [0.15, 0.2) is 5.03 Å². The fraction of sp³-hybridized carbons (Fsp3) is 0.500. The molecular formula is C10H11ClN2O2S. The van der Waals surface area contributed by atoms with Crippen LogP contribution < -0.4 is 0 Å². The zero-order valence-corrected chi connectivity index (χ0v) is 10.1. The van der Waals surface area contributed by atoms with Crippen molar-refractivity contribution in [3.8, 4) is 0 Å². The number of hydrogen-bond acceptors (Lipinski definition) is 4. The molecule has 6 heteroatoms. The number of thioether (sulfide) groups is 1. The van der Waals surface area contributed by atoms with Crippen LogP contribution in [0.2, 0.25) is 5.15 Å². The normalized spacial score (nSPS) is 16.6. The average molecular weight is 259 g/mol. The van der Waals surface area contributed by atoms with E-state index in [1.807, 2.05) is 0 Å². The summed E-state index contributed by atoms with van der Waals surface area (Å²) in [7, 11) is 0. The van der Waals surface area contributed by atoms with Crippen LogP contribution in [0.3, 0.4) is 0 Å². The third-order valence-electron chi connectivity index (χ3n) is 2.58. The standard InChI is InChI=1S/C10H11ClN2O2S/c11-9-6-5-8(13(14)15)10(12-9)16-7-3-1-2-4-7/h5-7H,1-4H2. The van der Waals surface area contributed by atoms with Crippen molar-refractivity contribution in [1.29, 1.82) is 0 Å². The molecule has 16 heavy (non-hydrogen) atoms. The molecule has 0 unspecified atom stereocenters. The maximum atomic E-state index is 10.8. The van der Waals surface area contributed by atoms with Crippen LogP contribution in [0.1, 0.15) is 25.7 Å². The Morgan fingerprint density at radius 3 is 2.75 bits per heavy atom. The molecule has 0 N–H and O–H groups in total. The van der Waals surface area contributed by atoms with Crippen LogP contribution in [0.15, 0.2) is 17.2 Å². The van der Waals surface area contributed by atoms with Gasteiger partial charge in [0.2, 0.25) is 0 Å². The molecule has 0 atom stereocenters. The highest BCUT2D eigenvalue weighted by molar-refractivity contribution is 8.00. The van der Waals surface area contributed by atoms with Crippen molar-refractivity contribution >= 4 is 29.1 Å². The lowest BCUT2D eigenvalue weighted by Gasteiger charge is -2.07. The van der Waals surface area contributed by atoms with Crippen LogP contribution in [0.4, 0.5) is 5.69 Å². The lowest BCUT2D eigenvalue weighted by molar-refractivity contribution is -0.388. The fourth-order valence-electron chi connectivity index (χ4n) is 1.80. The van der Waals surface area contributed by atoms with E-state index in [2.05, 4.69) is 4.98 Å². The van der Waals surface area contributed by atoms with Crippen molar-refractivity contribution in [1.82, 2.24) is 4.98 Å². The molecule has 4 nitrogen and oxygen atoms in total. The Kier molecular flexibility index (Phi) is 3.66. The monoisotopic (exact) mass is 258 g/mol. The Balaban J connectivity index is 2.22. The van der Waals surface area contributed by atoms with Gasteiger partial charge in [-0.1, -0.05) is 36.2 Å². The van der Waals surface area contributed by atoms with Crippen LogP contribution in [0, 0.1) is 10.1 Å². The second-order valence-electron chi connectivity index (χ2n) is 3.74. The van der Waals surface area contributed by atoms with Gasteiger partial charge in [0, 0.05) is 11.3 Å². The van der Waals surface area contributed by atoms with Crippen LogP contribution in [0.25, 0.3) is 0 Å². The van der Waals surface area contributed by atoms with Crippen LogP contribution in [-0.2, 0) is 0 Å². The van der Waals surface area contributed by atoms with E-state index in [4.69, 9.17) is 11.6 Å². The highest BCUT2D eigenvalue weighted by atomic mass is 35.5. The summed E-state index contributed by atoms with van der Waals surface area (Å²) in [6.45, 7) is 0. The molecular weight excluding hydrogens is 248 g/mol. The Hall–Kier alpha value is -0.810. The van der Waals surface area contributed by atoms with Crippen molar-refractivity contribution in [2.45, 2.75) is 36.0 Å². The number of aromatic nitrogens is 1. The number of nitro groups is 1. The Bertz CT molecular complexity index is 408. The van der Waals surface area contributed by atoms with E-state index in [9.17, 15) is 10.1 Å². The van der Waals surface area contributed by atoms with Crippen molar-refractivity contribution in [2.75, 3.05) is 0 Å². The number of pyridine rings is 1. The molecule has 1 saturated carbocycles. The molecule has 86 valence electrons. The minimum atomic E-state index is -0.402. The number of rotatable bonds is 3. The first-order chi connectivity index (χ1) is 7.66. The molecule has 0 amide bonds. The SMILES string of the molecule is O=[N+]([O-])c1ccc(Cl)nc1SC1CCCC1. The molecule has 0 aliphatic heterocycles. The highest BCUT2D eigenvalue weighted by Crippen LogP contribution is 2.38. The van der Waals surface area contributed by atoms with Crippen LogP contribution in [-0.4, -0.2) is 15.2 Å². The Morgan fingerprint density at radius 2 is 2.12 bits per heavy atom. The van der Waals surface area contributed by atoms with Crippen molar-refractivity contribution < 1.29 is 4.92 Å². The molecule has 2 rings (SSSR count). The fourth-order valence-corrected chi connectivity index (χ4v) is 3.30. The van der Waals surface area contributed by atoms with Gasteiger partial charge in [0.25, 0.3) is 0 Å². The molecule has 0 aromatic carbocycles. The van der Waals surface area contributed by atoms with E-state index in [1.54, 1.807) is 0 Å². The third-order valence-corrected chi connectivity index (χ3v) is 4.12. The van der Waals surface area contributed by atoms with E-state index in [0.29, 0.717) is 15.4 Å². The largest absolute Gasteiger partial charge is 0.301 e. The van der Waals surface area contributed by atoms with Crippen molar-refractivity contribution in [2.24, 2.45) is 0 Å². The lowest BCUT2D eigenvalue weighted by Crippen LogP contribution is -1.99.